The Kier molecular flexibility index (Phi) is 3.74. The molecule has 0 amide bonds. The summed E-state index contributed by atoms with van der Waals surface area (Å²) in [5.41, 5.74) is 4.79. The maximum Gasteiger partial charge on any atom is 0.119 e. The summed E-state index contributed by atoms with van der Waals surface area (Å²) in [6, 6.07) is 4.72. The Hall–Kier alpha value is -1.02. The van der Waals surface area contributed by atoms with Crippen molar-refractivity contribution < 1.29 is 10.2 Å². The van der Waals surface area contributed by atoms with E-state index in [0.29, 0.717) is 17.6 Å². The van der Waals surface area contributed by atoms with Gasteiger partial charge in [0.1, 0.15) is 5.75 Å². The van der Waals surface area contributed by atoms with Crippen molar-refractivity contribution in [2.24, 2.45) is 35.0 Å². The fourth-order valence-corrected chi connectivity index (χ4v) is 10.4. The van der Waals surface area contributed by atoms with Crippen LogP contribution in [0.1, 0.15) is 100 Å². The minimum Gasteiger partial charge on any atom is -0.508 e. The van der Waals surface area contributed by atoms with Crippen LogP contribution in [0.25, 0.3) is 0 Å². The highest BCUT2D eigenvalue weighted by Gasteiger charge is 2.56. The lowest BCUT2D eigenvalue weighted by Crippen LogP contribution is -2.48. The summed E-state index contributed by atoms with van der Waals surface area (Å²) in [6.45, 7) is 2.37. The molecule has 7 aliphatic carbocycles. The largest absolute Gasteiger partial charge is 0.508 e. The maximum atomic E-state index is 11.2. The van der Waals surface area contributed by atoms with Gasteiger partial charge in [-0.2, -0.15) is 0 Å². The fourth-order valence-electron chi connectivity index (χ4n) is 10.4. The van der Waals surface area contributed by atoms with Gasteiger partial charge in [0.2, 0.25) is 0 Å². The Morgan fingerprint density at radius 3 is 2.30 bits per heavy atom. The minimum absolute atomic E-state index is 0.0905. The predicted molar refractivity (Wildman–Crippen MR) is 119 cm³/mol. The topological polar surface area (TPSA) is 40.5 Å². The van der Waals surface area contributed by atoms with E-state index in [9.17, 15) is 10.2 Å². The standard InChI is InChI=1S/C28H38O2/c1-27-7-6-20-21(23(27)4-5-26(27)30)3-2-19-11-25(29)24(12-22(19)20)28-13-16-8-17(14-28)10-18(9-16)15-28/h11-12,16-18,20-21,23,26,29-30H,2-10,13-15H2,1H3/t16?,17?,18?,20-,21+,23-,26-,27-,28?/m1/s1. The Labute approximate surface area is 181 Å². The summed E-state index contributed by atoms with van der Waals surface area (Å²) < 4.78 is 0. The molecule has 6 saturated carbocycles. The molecule has 1 aromatic rings. The van der Waals surface area contributed by atoms with Crippen molar-refractivity contribution in [1.29, 1.82) is 0 Å². The lowest BCUT2D eigenvalue weighted by atomic mass is 9.47. The van der Waals surface area contributed by atoms with E-state index in [4.69, 9.17) is 0 Å². The van der Waals surface area contributed by atoms with Gasteiger partial charge in [0.05, 0.1) is 6.10 Å². The van der Waals surface area contributed by atoms with Crippen molar-refractivity contribution in [3.63, 3.8) is 0 Å². The Bertz CT molecular complexity index is 852. The van der Waals surface area contributed by atoms with Gasteiger partial charge >= 0.3 is 0 Å². The third-order valence-corrected chi connectivity index (χ3v) is 11.4. The number of fused-ring (bicyclic) bond motifs is 5. The van der Waals surface area contributed by atoms with E-state index >= 15 is 0 Å². The van der Waals surface area contributed by atoms with Crippen LogP contribution in [0.2, 0.25) is 0 Å². The van der Waals surface area contributed by atoms with Gasteiger partial charge in [-0.05, 0) is 141 Å². The van der Waals surface area contributed by atoms with Gasteiger partial charge in [-0.1, -0.05) is 13.0 Å². The number of rotatable bonds is 1. The number of benzene rings is 1. The van der Waals surface area contributed by atoms with Crippen LogP contribution in [0.4, 0.5) is 0 Å². The number of aliphatic hydroxyl groups is 1. The van der Waals surface area contributed by atoms with Crippen molar-refractivity contribution in [1.82, 2.24) is 0 Å². The number of phenolic OH excluding ortho intramolecular Hbond substituents is 1. The van der Waals surface area contributed by atoms with Crippen LogP contribution in [0.5, 0.6) is 5.75 Å². The van der Waals surface area contributed by atoms with Gasteiger partial charge in [-0.3, -0.25) is 0 Å². The monoisotopic (exact) mass is 406 g/mol. The molecule has 0 aromatic heterocycles. The van der Waals surface area contributed by atoms with Crippen LogP contribution in [0.3, 0.4) is 0 Å². The number of aliphatic hydroxyl groups excluding tert-OH is 1. The zero-order valence-corrected chi connectivity index (χ0v) is 18.6. The van der Waals surface area contributed by atoms with Crippen LogP contribution >= 0.6 is 0 Å². The molecule has 0 radical (unpaired) electrons. The van der Waals surface area contributed by atoms with Gasteiger partial charge in [-0.15, -0.1) is 0 Å². The molecule has 5 atom stereocenters. The summed E-state index contributed by atoms with van der Waals surface area (Å²) in [5, 5.41) is 21.9. The summed E-state index contributed by atoms with van der Waals surface area (Å²) in [5.74, 6) is 5.44. The molecule has 0 heterocycles. The third kappa shape index (κ3) is 2.35. The molecular weight excluding hydrogens is 368 g/mol. The predicted octanol–water partition coefficient (Wildman–Crippen LogP) is 6.08. The first-order valence-corrected chi connectivity index (χ1v) is 13.0. The molecule has 0 aliphatic heterocycles. The third-order valence-electron chi connectivity index (χ3n) is 11.4. The second-order valence-corrected chi connectivity index (χ2v) is 12.8. The molecule has 2 N–H and O–H groups in total. The van der Waals surface area contributed by atoms with Gasteiger partial charge in [0.15, 0.2) is 0 Å². The summed E-state index contributed by atoms with van der Waals surface area (Å²) in [7, 11) is 0. The number of aromatic hydroxyl groups is 1. The summed E-state index contributed by atoms with van der Waals surface area (Å²) in [6.07, 6.45) is 15.3. The van der Waals surface area contributed by atoms with Crippen molar-refractivity contribution in [3.05, 3.63) is 28.8 Å². The molecule has 8 rings (SSSR count). The number of hydrogen-bond acceptors (Lipinski definition) is 2. The average Bonchev–Trinajstić information content (AvgIpc) is 3.01. The van der Waals surface area contributed by atoms with Crippen molar-refractivity contribution in [3.8, 4) is 5.75 Å². The molecule has 1 aromatic carbocycles. The Morgan fingerprint density at radius 1 is 0.900 bits per heavy atom. The molecule has 2 nitrogen and oxygen atoms in total. The van der Waals surface area contributed by atoms with Gasteiger partial charge < -0.3 is 10.2 Å². The number of hydrogen-bond donors (Lipinski definition) is 2. The smallest absolute Gasteiger partial charge is 0.119 e. The molecule has 0 unspecified atom stereocenters. The van der Waals surface area contributed by atoms with Crippen molar-refractivity contribution in [2.75, 3.05) is 0 Å². The van der Waals surface area contributed by atoms with Gasteiger partial charge in [0.25, 0.3) is 0 Å². The second-order valence-electron chi connectivity index (χ2n) is 12.8. The number of phenols is 1. The lowest BCUT2D eigenvalue weighted by Gasteiger charge is -2.57. The second kappa shape index (κ2) is 6.06. The van der Waals surface area contributed by atoms with E-state index < -0.39 is 0 Å². The van der Waals surface area contributed by atoms with Crippen LogP contribution in [-0.2, 0) is 11.8 Å². The first-order valence-electron chi connectivity index (χ1n) is 13.0. The van der Waals surface area contributed by atoms with Crippen molar-refractivity contribution >= 4 is 0 Å². The molecule has 0 saturated heterocycles. The quantitative estimate of drug-likeness (QED) is 0.593. The van der Waals surface area contributed by atoms with Gasteiger partial charge in [-0.25, -0.2) is 0 Å². The SMILES string of the molecule is C[C@@]12CC[C@H]3c4cc(C56CC7CC(CC(C7)C5)C6)c(O)cc4CC[C@@H]3[C@H]1CC[C@H]2O. The van der Waals surface area contributed by atoms with E-state index in [1.165, 1.54) is 75.3 Å². The van der Waals surface area contributed by atoms with E-state index in [-0.39, 0.29) is 16.9 Å². The van der Waals surface area contributed by atoms with Crippen LogP contribution in [0.15, 0.2) is 12.1 Å². The van der Waals surface area contributed by atoms with Crippen LogP contribution in [-0.4, -0.2) is 16.3 Å². The summed E-state index contributed by atoms with van der Waals surface area (Å²) >= 11 is 0. The normalized spacial score (nSPS) is 50.8. The first kappa shape index (κ1) is 18.5. The maximum absolute atomic E-state index is 11.2. The first-order chi connectivity index (χ1) is 14.5. The highest BCUT2D eigenvalue weighted by atomic mass is 16.3. The zero-order chi connectivity index (χ0) is 20.3. The molecule has 2 heteroatoms. The Morgan fingerprint density at radius 2 is 1.60 bits per heavy atom. The van der Waals surface area contributed by atoms with E-state index in [2.05, 4.69) is 19.1 Å². The minimum atomic E-state index is -0.0905. The zero-order valence-electron chi connectivity index (χ0n) is 18.6. The van der Waals surface area contributed by atoms with Crippen LogP contribution < -0.4 is 0 Å². The van der Waals surface area contributed by atoms with E-state index in [1.807, 2.05) is 0 Å². The molecular formula is C28H38O2. The lowest BCUT2D eigenvalue weighted by molar-refractivity contribution is -0.0228. The van der Waals surface area contributed by atoms with Crippen LogP contribution in [0, 0.1) is 35.0 Å². The number of aryl methyl sites for hydroxylation is 1. The molecule has 30 heavy (non-hydrogen) atoms. The summed E-state index contributed by atoms with van der Waals surface area (Å²) in [4.78, 5) is 0. The molecule has 7 aliphatic rings. The molecule has 162 valence electrons. The Balaban J connectivity index is 1.29. The molecule has 4 bridgehead atoms. The average molecular weight is 407 g/mol. The molecule has 0 spiro atoms. The molecule has 6 fully saturated rings. The highest BCUT2D eigenvalue weighted by Crippen LogP contribution is 2.64. The van der Waals surface area contributed by atoms with Crippen molar-refractivity contribution in [2.45, 2.75) is 101 Å². The van der Waals surface area contributed by atoms with E-state index in [0.717, 1.165) is 36.5 Å². The van der Waals surface area contributed by atoms with E-state index in [1.54, 1.807) is 5.56 Å². The highest BCUT2D eigenvalue weighted by molar-refractivity contribution is 5.50. The van der Waals surface area contributed by atoms with Gasteiger partial charge in [0, 0.05) is 5.56 Å². The fraction of sp³-hybridized carbons (Fsp3) is 0.786.